The molecule has 1 heterocycles. The molecule has 0 spiro atoms. The number of benzene rings is 2. The summed E-state index contributed by atoms with van der Waals surface area (Å²) in [6, 6.07) is 5.92. The molecule has 0 aliphatic rings. The Morgan fingerprint density at radius 2 is 1.93 bits per heavy atom. The Morgan fingerprint density at radius 1 is 1.19 bits per heavy atom. The molecule has 0 aliphatic heterocycles. The number of hydrogen-bond donors (Lipinski definition) is 1. The fourth-order valence-corrected chi connectivity index (χ4v) is 3.27. The van der Waals surface area contributed by atoms with E-state index in [1.54, 1.807) is 19.1 Å². The summed E-state index contributed by atoms with van der Waals surface area (Å²) >= 11 is 0.767. The summed E-state index contributed by atoms with van der Waals surface area (Å²) in [7, 11) is 0. The van der Waals surface area contributed by atoms with E-state index in [-0.39, 0.29) is 15.3 Å². The molecule has 9 heteroatoms. The zero-order valence-electron chi connectivity index (χ0n) is 14.2. The molecule has 0 aliphatic carbocycles. The van der Waals surface area contributed by atoms with Crippen LogP contribution in [0.2, 0.25) is 0 Å². The number of esters is 1. The van der Waals surface area contributed by atoms with Gasteiger partial charge in [0.1, 0.15) is 5.52 Å². The van der Waals surface area contributed by atoms with Crippen molar-refractivity contribution in [2.75, 3.05) is 11.9 Å². The average molecular weight is 394 g/mol. The van der Waals surface area contributed by atoms with Gasteiger partial charge in [0.05, 0.1) is 10.3 Å². The number of thiazole rings is 1. The van der Waals surface area contributed by atoms with Crippen LogP contribution in [0.1, 0.15) is 21.5 Å². The number of anilines is 1. The van der Waals surface area contributed by atoms with Crippen LogP contribution in [0.25, 0.3) is 10.2 Å². The quantitative estimate of drug-likeness (QED) is 0.534. The lowest BCUT2D eigenvalue weighted by atomic mass is 10.0. The van der Waals surface area contributed by atoms with Crippen molar-refractivity contribution in [1.82, 2.24) is 4.98 Å². The van der Waals surface area contributed by atoms with Crippen LogP contribution < -0.4 is 5.32 Å². The number of fused-ring (bicyclic) bond motifs is 1. The number of carbonyl (C=O) groups excluding carboxylic acids is 2. The second-order valence-electron chi connectivity index (χ2n) is 5.72. The number of aromatic nitrogens is 1. The summed E-state index contributed by atoms with van der Waals surface area (Å²) in [6.45, 7) is 3.02. The Balaban J connectivity index is 1.67. The van der Waals surface area contributed by atoms with Gasteiger partial charge in [-0.25, -0.2) is 22.9 Å². The van der Waals surface area contributed by atoms with Crippen molar-refractivity contribution in [3.05, 3.63) is 58.4 Å². The van der Waals surface area contributed by atoms with Crippen LogP contribution in [-0.4, -0.2) is 23.5 Å². The SMILES string of the molecule is Cc1cccc(C(=O)OCC(=O)Nc2nc3c(F)c(F)c(F)cc3s2)c1C. The predicted octanol–water partition coefficient (Wildman–Crippen LogP) is 4.13. The maximum atomic E-state index is 13.7. The van der Waals surface area contributed by atoms with Crippen LogP contribution in [-0.2, 0) is 9.53 Å². The summed E-state index contributed by atoms with van der Waals surface area (Å²) in [5, 5.41) is 2.24. The normalized spacial score (nSPS) is 10.9. The zero-order chi connectivity index (χ0) is 19.7. The first-order valence-electron chi connectivity index (χ1n) is 7.75. The van der Waals surface area contributed by atoms with E-state index < -0.39 is 35.9 Å². The molecule has 3 rings (SSSR count). The van der Waals surface area contributed by atoms with Gasteiger partial charge in [0, 0.05) is 0 Å². The number of hydrogen-bond acceptors (Lipinski definition) is 5. The lowest BCUT2D eigenvalue weighted by molar-refractivity contribution is -0.119. The highest BCUT2D eigenvalue weighted by Gasteiger charge is 2.19. The Morgan fingerprint density at radius 3 is 2.67 bits per heavy atom. The predicted molar refractivity (Wildman–Crippen MR) is 94.3 cm³/mol. The molecule has 1 aromatic heterocycles. The van der Waals surface area contributed by atoms with Gasteiger partial charge in [0.15, 0.2) is 29.2 Å². The summed E-state index contributed by atoms with van der Waals surface area (Å²) in [5.74, 6) is -5.78. The van der Waals surface area contributed by atoms with Gasteiger partial charge in [-0.05, 0) is 37.1 Å². The van der Waals surface area contributed by atoms with Crippen LogP contribution in [0.5, 0.6) is 0 Å². The first-order valence-corrected chi connectivity index (χ1v) is 8.56. The molecule has 140 valence electrons. The van der Waals surface area contributed by atoms with Gasteiger partial charge in [0.25, 0.3) is 5.91 Å². The fourth-order valence-electron chi connectivity index (χ4n) is 2.36. The highest BCUT2D eigenvalue weighted by molar-refractivity contribution is 7.22. The lowest BCUT2D eigenvalue weighted by Crippen LogP contribution is -2.21. The second-order valence-corrected chi connectivity index (χ2v) is 6.75. The highest BCUT2D eigenvalue weighted by atomic mass is 32.1. The third-order valence-electron chi connectivity index (χ3n) is 3.93. The van der Waals surface area contributed by atoms with Gasteiger partial charge in [-0.15, -0.1) is 0 Å². The van der Waals surface area contributed by atoms with Crippen LogP contribution >= 0.6 is 11.3 Å². The van der Waals surface area contributed by atoms with Crippen molar-refractivity contribution in [3.8, 4) is 0 Å². The Bertz CT molecular complexity index is 1070. The molecular formula is C18H13F3N2O3S. The molecule has 0 saturated heterocycles. The summed E-state index contributed by atoms with van der Waals surface area (Å²) in [4.78, 5) is 27.7. The van der Waals surface area contributed by atoms with E-state index in [4.69, 9.17) is 4.74 Å². The minimum atomic E-state index is -1.63. The number of rotatable bonds is 4. The number of ether oxygens (including phenoxy) is 1. The van der Waals surface area contributed by atoms with E-state index in [0.29, 0.717) is 5.56 Å². The van der Waals surface area contributed by atoms with E-state index in [2.05, 4.69) is 10.3 Å². The number of nitrogens with zero attached hydrogens (tertiary/aromatic N) is 1. The first kappa shape index (κ1) is 18.8. The van der Waals surface area contributed by atoms with Crippen molar-refractivity contribution in [3.63, 3.8) is 0 Å². The number of carbonyl (C=O) groups is 2. The molecular weight excluding hydrogens is 381 g/mol. The molecule has 0 radical (unpaired) electrons. The van der Waals surface area contributed by atoms with Gasteiger partial charge < -0.3 is 4.74 Å². The molecule has 1 amide bonds. The van der Waals surface area contributed by atoms with Crippen LogP contribution in [0.15, 0.2) is 24.3 Å². The van der Waals surface area contributed by atoms with Crippen LogP contribution in [0, 0.1) is 31.3 Å². The standard InChI is InChI=1S/C18H13F3N2O3S/c1-8-4-3-5-10(9(8)2)17(25)26-7-13(24)22-18-23-16-12(27-18)6-11(19)14(20)15(16)21/h3-6H,7H2,1-2H3,(H,22,23,24). The monoisotopic (exact) mass is 394 g/mol. The van der Waals surface area contributed by atoms with E-state index in [0.717, 1.165) is 28.5 Å². The van der Waals surface area contributed by atoms with Crippen molar-refractivity contribution >= 4 is 38.6 Å². The number of nitrogens with one attached hydrogen (secondary N) is 1. The third-order valence-corrected chi connectivity index (χ3v) is 4.84. The molecule has 27 heavy (non-hydrogen) atoms. The maximum Gasteiger partial charge on any atom is 0.338 e. The van der Waals surface area contributed by atoms with Gasteiger partial charge >= 0.3 is 5.97 Å². The molecule has 5 nitrogen and oxygen atoms in total. The summed E-state index contributed by atoms with van der Waals surface area (Å²) < 4.78 is 45.1. The lowest BCUT2D eigenvalue weighted by Gasteiger charge is -2.08. The van der Waals surface area contributed by atoms with Crippen molar-refractivity contribution < 1.29 is 27.5 Å². The zero-order valence-corrected chi connectivity index (χ0v) is 15.0. The maximum absolute atomic E-state index is 13.7. The second kappa shape index (κ2) is 7.36. The third kappa shape index (κ3) is 3.77. The van der Waals surface area contributed by atoms with Crippen LogP contribution in [0.4, 0.5) is 18.3 Å². The van der Waals surface area contributed by atoms with Crippen molar-refractivity contribution in [2.24, 2.45) is 0 Å². The van der Waals surface area contributed by atoms with Crippen molar-refractivity contribution in [2.45, 2.75) is 13.8 Å². The van der Waals surface area contributed by atoms with E-state index in [9.17, 15) is 22.8 Å². The number of amides is 1. The topological polar surface area (TPSA) is 68.3 Å². The van der Waals surface area contributed by atoms with Crippen molar-refractivity contribution in [1.29, 1.82) is 0 Å². The molecule has 0 saturated carbocycles. The molecule has 0 fully saturated rings. The molecule has 0 unspecified atom stereocenters. The Kier molecular flexibility index (Phi) is 5.13. The van der Waals surface area contributed by atoms with E-state index in [1.165, 1.54) is 0 Å². The molecule has 1 N–H and O–H groups in total. The summed E-state index contributed by atoms with van der Waals surface area (Å²) in [5.41, 5.74) is 1.61. The molecule has 3 aromatic rings. The highest BCUT2D eigenvalue weighted by Crippen LogP contribution is 2.30. The van der Waals surface area contributed by atoms with E-state index in [1.807, 2.05) is 13.0 Å². The minimum Gasteiger partial charge on any atom is -0.452 e. The smallest absolute Gasteiger partial charge is 0.338 e. The molecule has 0 atom stereocenters. The van der Waals surface area contributed by atoms with Crippen LogP contribution in [0.3, 0.4) is 0 Å². The average Bonchev–Trinajstić information content (AvgIpc) is 3.02. The Labute approximate surface area is 155 Å². The fraction of sp³-hybridized carbons (Fsp3) is 0.167. The largest absolute Gasteiger partial charge is 0.452 e. The summed E-state index contributed by atoms with van der Waals surface area (Å²) in [6.07, 6.45) is 0. The molecule has 0 bridgehead atoms. The van der Waals surface area contributed by atoms with E-state index >= 15 is 0 Å². The van der Waals surface area contributed by atoms with Gasteiger partial charge in [0.2, 0.25) is 0 Å². The minimum absolute atomic E-state index is 0.0362. The number of aryl methyl sites for hydroxylation is 1. The van der Waals surface area contributed by atoms with Gasteiger partial charge in [-0.3, -0.25) is 10.1 Å². The van der Waals surface area contributed by atoms with Gasteiger partial charge in [-0.1, -0.05) is 23.5 Å². The first-order chi connectivity index (χ1) is 12.8. The number of halogens is 3. The Hall–Kier alpha value is -2.94. The van der Waals surface area contributed by atoms with Gasteiger partial charge in [-0.2, -0.15) is 0 Å². The molecule has 2 aromatic carbocycles.